The first-order chi connectivity index (χ1) is 10.6. The first kappa shape index (κ1) is 15.6. The highest BCUT2D eigenvalue weighted by atomic mass is 16.5. The van der Waals surface area contributed by atoms with Crippen molar-refractivity contribution in [2.45, 2.75) is 19.6 Å². The van der Waals surface area contributed by atoms with Gasteiger partial charge in [-0.3, -0.25) is 4.79 Å². The van der Waals surface area contributed by atoms with E-state index in [2.05, 4.69) is 5.32 Å². The zero-order chi connectivity index (χ0) is 15.9. The van der Waals surface area contributed by atoms with Crippen molar-refractivity contribution in [1.29, 1.82) is 5.26 Å². The number of nitrogens with zero attached hydrogens (tertiary/aromatic N) is 1. The summed E-state index contributed by atoms with van der Waals surface area (Å²) in [6.45, 7) is 1.86. The average molecular weight is 300 g/mol. The van der Waals surface area contributed by atoms with Gasteiger partial charge in [0.1, 0.15) is 12.4 Å². The van der Waals surface area contributed by atoms with Crippen LogP contribution in [0.1, 0.15) is 28.6 Å². The summed E-state index contributed by atoms with van der Waals surface area (Å²) in [7, 11) is 0. The summed E-state index contributed by atoms with van der Waals surface area (Å²) in [5, 5.41) is 20.6. The number of hydrogen-bond donors (Lipinski definition) is 2. The van der Waals surface area contributed by atoms with Crippen LogP contribution in [0.4, 0.5) is 0 Å². The van der Waals surface area contributed by atoms with Crippen LogP contribution in [0.25, 0.3) is 0 Å². The van der Waals surface area contributed by atoms with Gasteiger partial charge in [-0.2, -0.15) is 5.26 Å². The molecular formula is C16H16N2O4. The van der Waals surface area contributed by atoms with Crippen molar-refractivity contribution < 1.29 is 19.1 Å². The van der Waals surface area contributed by atoms with Crippen molar-refractivity contribution in [1.82, 2.24) is 5.32 Å². The molecule has 0 spiro atoms. The van der Waals surface area contributed by atoms with Crippen molar-refractivity contribution in [3.05, 3.63) is 53.5 Å². The Bertz CT molecular complexity index is 685. The zero-order valence-corrected chi connectivity index (χ0v) is 12.1. The molecule has 1 aromatic heterocycles. The second kappa shape index (κ2) is 7.29. The molecule has 6 heteroatoms. The zero-order valence-electron chi connectivity index (χ0n) is 12.1. The fourth-order valence-electron chi connectivity index (χ4n) is 1.79. The van der Waals surface area contributed by atoms with Crippen molar-refractivity contribution in [3.8, 4) is 11.8 Å². The number of rotatable bonds is 6. The Hall–Kier alpha value is -2.78. The van der Waals surface area contributed by atoms with E-state index in [1.165, 1.54) is 6.26 Å². The largest absolute Gasteiger partial charge is 0.489 e. The lowest BCUT2D eigenvalue weighted by atomic mass is 10.2. The summed E-state index contributed by atoms with van der Waals surface area (Å²) in [6, 6.07) is 10.4. The number of carbonyl (C=O) groups is 1. The second-order valence-electron chi connectivity index (χ2n) is 4.76. The Labute approximate surface area is 127 Å². The third kappa shape index (κ3) is 4.11. The number of carbonyl (C=O) groups excluding carboxylic acids is 1. The van der Waals surface area contributed by atoms with Crippen molar-refractivity contribution in [2.75, 3.05) is 6.54 Å². The van der Waals surface area contributed by atoms with Crippen LogP contribution in [-0.4, -0.2) is 23.7 Å². The van der Waals surface area contributed by atoms with E-state index in [9.17, 15) is 9.90 Å². The van der Waals surface area contributed by atoms with Gasteiger partial charge in [-0.1, -0.05) is 6.07 Å². The van der Waals surface area contributed by atoms with Crippen LogP contribution in [0.5, 0.6) is 5.75 Å². The average Bonchev–Trinajstić information content (AvgIpc) is 2.99. The molecule has 2 rings (SSSR count). The summed E-state index contributed by atoms with van der Waals surface area (Å²) >= 11 is 0. The number of aliphatic hydroxyl groups excluding tert-OH is 1. The lowest BCUT2D eigenvalue weighted by Gasteiger charge is -2.08. The molecule has 1 atom stereocenters. The molecule has 0 aliphatic heterocycles. The van der Waals surface area contributed by atoms with Crippen LogP contribution in [0, 0.1) is 11.3 Å². The molecule has 1 unspecified atom stereocenters. The van der Waals surface area contributed by atoms with Crippen molar-refractivity contribution >= 4 is 5.91 Å². The van der Waals surface area contributed by atoms with Gasteiger partial charge in [-0.25, -0.2) is 0 Å². The molecule has 1 aromatic carbocycles. The molecule has 22 heavy (non-hydrogen) atoms. The Morgan fingerprint density at radius 1 is 1.50 bits per heavy atom. The second-order valence-corrected chi connectivity index (χ2v) is 4.76. The Balaban J connectivity index is 2.00. The number of furan rings is 1. The minimum absolute atomic E-state index is 0.142. The van der Waals surface area contributed by atoms with Gasteiger partial charge >= 0.3 is 0 Å². The number of aliphatic hydroxyl groups is 1. The van der Waals surface area contributed by atoms with Gasteiger partial charge in [0, 0.05) is 12.1 Å². The highest BCUT2D eigenvalue weighted by Gasteiger charge is 2.16. The van der Waals surface area contributed by atoms with E-state index < -0.39 is 12.0 Å². The maximum Gasteiger partial charge on any atom is 0.287 e. The van der Waals surface area contributed by atoms with Gasteiger partial charge in [0.2, 0.25) is 0 Å². The van der Waals surface area contributed by atoms with Crippen LogP contribution in [0.2, 0.25) is 0 Å². The summed E-state index contributed by atoms with van der Waals surface area (Å²) in [6.07, 6.45) is 0.772. The minimum Gasteiger partial charge on any atom is -0.489 e. The summed E-state index contributed by atoms with van der Waals surface area (Å²) in [4.78, 5) is 11.9. The fraction of sp³-hybridized carbons (Fsp3) is 0.250. The topological polar surface area (TPSA) is 95.5 Å². The van der Waals surface area contributed by atoms with Gasteiger partial charge in [0.05, 0.1) is 24.0 Å². The predicted molar refractivity (Wildman–Crippen MR) is 78.2 cm³/mol. The molecule has 114 valence electrons. The molecule has 1 amide bonds. The van der Waals surface area contributed by atoms with E-state index in [1.807, 2.05) is 6.07 Å². The maximum absolute atomic E-state index is 11.9. The van der Waals surface area contributed by atoms with E-state index >= 15 is 0 Å². The Morgan fingerprint density at radius 3 is 3.05 bits per heavy atom. The van der Waals surface area contributed by atoms with Gasteiger partial charge in [0.25, 0.3) is 5.91 Å². The van der Waals surface area contributed by atoms with Crippen LogP contribution in [0.3, 0.4) is 0 Å². The molecular weight excluding hydrogens is 284 g/mol. The van der Waals surface area contributed by atoms with E-state index in [0.717, 1.165) is 0 Å². The third-order valence-electron chi connectivity index (χ3n) is 2.87. The van der Waals surface area contributed by atoms with E-state index in [0.29, 0.717) is 16.9 Å². The van der Waals surface area contributed by atoms with E-state index in [1.54, 1.807) is 37.3 Å². The lowest BCUT2D eigenvalue weighted by Crippen LogP contribution is -2.30. The van der Waals surface area contributed by atoms with Gasteiger partial charge in [-0.05, 0) is 31.2 Å². The molecule has 0 aliphatic carbocycles. The van der Waals surface area contributed by atoms with E-state index in [4.69, 9.17) is 14.4 Å². The molecule has 0 bridgehead atoms. The SMILES string of the molecule is CC(O)CNC(=O)c1occc1COc1cccc(C#N)c1. The van der Waals surface area contributed by atoms with Crippen LogP contribution >= 0.6 is 0 Å². The molecule has 0 saturated carbocycles. The maximum atomic E-state index is 11.9. The fourth-order valence-corrected chi connectivity index (χ4v) is 1.79. The molecule has 0 saturated heterocycles. The molecule has 6 nitrogen and oxygen atoms in total. The summed E-state index contributed by atoms with van der Waals surface area (Å²) in [5.74, 6) is 0.281. The van der Waals surface area contributed by atoms with Crippen molar-refractivity contribution in [2.24, 2.45) is 0 Å². The smallest absolute Gasteiger partial charge is 0.287 e. The standard InChI is InChI=1S/C16H16N2O4/c1-11(19)9-18-16(20)15-13(5-6-21-15)10-22-14-4-2-3-12(7-14)8-17/h2-7,11,19H,9-10H2,1H3,(H,18,20). The number of nitriles is 1. The predicted octanol–water partition coefficient (Wildman–Crippen LogP) is 1.84. The van der Waals surface area contributed by atoms with Gasteiger partial charge in [0.15, 0.2) is 5.76 Å². The number of hydrogen-bond acceptors (Lipinski definition) is 5. The summed E-state index contributed by atoms with van der Waals surface area (Å²) in [5.41, 5.74) is 1.09. The number of benzene rings is 1. The quantitative estimate of drug-likeness (QED) is 0.848. The molecule has 2 N–H and O–H groups in total. The third-order valence-corrected chi connectivity index (χ3v) is 2.87. The number of ether oxygens (including phenoxy) is 1. The first-order valence-corrected chi connectivity index (χ1v) is 6.75. The van der Waals surface area contributed by atoms with Crippen LogP contribution < -0.4 is 10.1 Å². The lowest BCUT2D eigenvalue weighted by molar-refractivity contribution is 0.0893. The molecule has 0 aliphatic rings. The molecule has 1 heterocycles. The van der Waals surface area contributed by atoms with E-state index in [-0.39, 0.29) is 18.9 Å². The highest BCUT2D eigenvalue weighted by Crippen LogP contribution is 2.17. The van der Waals surface area contributed by atoms with Crippen molar-refractivity contribution in [3.63, 3.8) is 0 Å². The van der Waals surface area contributed by atoms with Gasteiger partial charge < -0.3 is 19.6 Å². The van der Waals surface area contributed by atoms with Crippen LogP contribution in [-0.2, 0) is 6.61 Å². The first-order valence-electron chi connectivity index (χ1n) is 6.75. The van der Waals surface area contributed by atoms with Gasteiger partial charge in [-0.15, -0.1) is 0 Å². The summed E-state index contributed by atoms with van der Waals surface area (Å²) < 4.78 is 10.7. The Kier molecular flexibility index (Phi) is 5.17. The Morgan fingerprint density at radius 2 is 2.32 bits per heavy atom. The highest BCUT2D eigenvalue weighted by molar-refractivity contribution is 5.92. The molecule has 2 aromatic rings. The normalized spacial score (nSPS) is 11.5. The molecule has 0 fully saturated rings. The molecule has 0 radical (unpaired) electrons. The van der Waals surface area contributed by atoms with Crippen LogP contribution in [0.15, 0.2) is 41.0 Å². The minimum atomic E-state index is -0.632. The monoisotopic (exact) mass is 300 g/mol. The number of nitrogens with one attached hydrogen (secondary N) is 1. The number of amides is 1.